The van der Waals surface area contributed by atoms with Gasteiger partial charge in [-0.25, -0.2) is 0 Å². The minimum atomic E-state index is -0.431. The number of carbonyl (C=O) groups is 1. The van der Waals surface area contributed by atoms with Crippen molar-refractivity contribution < 1.29 is 9.53 Å². The normalized spacial score (nSPS) is 19.6. The summed E-state index contributed by atoms with van der Waals surface area (Å²) in [5, 5.41) is 0. The highest BCUT2D eigenvalue weighted by Crippen LogP contribution is 2.26. The van der Waals surface area contributed by atoms with E-state index >= 15 is 0 Å². The van der Waals surface area contributed by atoms with Crippen LogP contribution in [0.5, 0.6) is 5.75 Å². The molecule has 0 aliphatic carbocycles. The van der Waals surface area contributed by atoms with E-state index in [9.17, 15) is 4.79 Å². The first-order valence-electron chi connectivity index (χ1n) is 4.48. The summed E-state index contributed by atoms with van der Waals surface area (Å²) in [6.07, 6.45) is 0.647. The molecule has 1 aliphatic rings. The van der Waals surface area contributed by atoms with Crippen LogP contribution < -0.4 is 16.2 Å². The van der Waals surface area contributed by atoms with E-state index in [4.69, 9.17) is 16.2 Å². The van der Waals surface area contributed by atoms with Crippen LogP contribution in [0, 0.1) is 0 Å². The van der Waals surface area contributed by atoms with E-state index in [-0.39, 0.29) is 6.04 Å². The third-order valence-corrected chi connectivity index (χ3v) is 2.32. The van der Waals surface area contributed by atoms with E-state index in [1.54, 1.807) is 12.1 Å². The van der Waals surface area contributed by atoms with Gasteiger partial charge in [0.15, 0.2) is 0 Å². The molecule has 1 heterocycles. The fourth-order valence-electron chi connectivity index (χ4n) is 1.66. The standard InChI is InChI=1S/C10H12N2O2/c11-6-4-8-7(10(12)13)2-1-3-9(8)14-5-6/h1-3,6H,4-5,11H2,(H2,12,13)/t6-/m1/s1. The van der Waals surface area contributed by atoms with Crippen LogP contribution in [0.4, 0.5) is 0 Å². The number of nitrogens with two attached hydrogens (primary N) is 2. The van der Waals surface area contributed by atoms with Crippen LogP contribution in [-0.4, -0.2) is 18.6 Å². The summed E-state index contributed by atoms with van der Waals surface area (Å²) >= 11 is 0. The summed E-state index contributed by atoms with van der Waals surface area (Å²) < 4.78 is 5.39. The largest absolute Gasteiger partial charge is 0.492 e. The number of benzene rings is 1. The number of primary amides is 1. The van der Waals surface area contributed by atoms with Gasteiger partial charge in [-0.05, 0) is 18.6 Å². The van der Waals surface area contributed by atoms with Crippen molar-refractivity contribution in [3.63, 3.8) is 0 Å². The maximum Gasteiger partial charge on any atom is 0.249 e. The van der Waals surface area contributed by atoms with Gasteiger partial charge in [-0.15, -0.1) is 0 Å². The molecule has 0 saturated carbocycles. The second kappa shape index (κ2) is 3.31. The third-order valence-electron chi connectivity index (χ3n) is 2.32. The first-order valence-corrected chi connectivity index (χ1v) is 4.48. The molecule has 4 nitrogen and oxygen atoms in total. The van der Waals surface area contributed by atoms with E-state index in [0.717, 1.165) is 11.3 Å². The predicted octanol–water partition coefficient (Wildman–Crippen LogP) is 0.0477. The van der Waals surface area contributed by atoms with Gasteiger partial charge >= 0.3 is 0 Å². The van der Waals surface area contributed by atoms with Gasteiger partial charge in [-0.3, -0.25) is 4.79 Å². The number of ether oxygens (including phenoxy) is 1. The molecule has 4 heteroatoms. The quantitative estimate of drug-likeness (QED) is 0.659. The molecular weight excluding hydrogens is 180 g/mol. The lowest BCUT2D eigenvalue weighted by atomic mass is 9.97. The van der Waals surface area contributed by atoms with Crippen molar-refractivity contribution in [1.29, 1.82) is 0 Å². The monoisotopic (exact) mass is 192 g/mol. The number of amides is 1. The Morgan fingerprint density at radius 2 is 2.29 bits per heavy atom. The van der Waals surface area contributed by atoms with Crippen molar-refractivity contribution in [3.8, 4) is 5.75 Å². The minimum absolute atomic E-state index is 0.0528. The second-order valence-corrected chi connectivity index (χ2v) is 3.42. The molecule has 0 saturated heterocycles. The lowest BCUT2D eigenvalue weighted by Gasteiger charge is -2.23. The predicted molar refractivity (Wildman–Crippen MR) is 52.1 cm³/mol. The molecule has 2 rings (SSSR count). The van der Waals surface area contributed by atoms with Crippen LogP contribution in [0.25, 0.3) is 0 Å². The van der Waals surface area contributed by atoms with E-state index < -0.39 is 5.91 Å². The third kappa shape index (κ3) is 1.44. The molecular formula is C10H12N2O2. The van der Waals surface area contributed by atoms with Crippen LogP contribution in [0.3, 0.4) is 0 Å². The molecule has 1 aromatic carbocycles. The fourth-order valence-corrected chi connectivity index (χ4v) is 1.66. The topological polar surface area (TPSA) is 78.3 Å². The highest BCUT2D eigenvalue weighted by molar-refractivity contribution is 5.95. The smallest absolute Gasteiger partial charge is 0.249 e. The molecule has 14 heavy (non-hydrogen) atoms. The Balaban J connectivity index is 2.48. The zero-order chi connectivity index (χ0) is 10.1. The highest BCUT2D eigenvalue weighted by atomic mass is 16.5. The second-order valence-electron chi connectivity index (χ2n) is 3.42. The Labute approximate surface area is 81.8 Å². The maximum absolute atomic E-state index is 11.1. The van der Waals surface area contributed by atoms with Gasteiger partial charge in [-0.1, -0.05) is 6.07 Å². The van der Waals surface area contributed by atoms with Crippen molar-refractivity contribution in [2.24, 2.45) is 11.5 Å². The molecule has 1 amide bonds. The molecule has 4 N–H and O–H groups in total. The summed E-state index contributed by atoms with van der Waals surface area (Å²) in [4.78, 5) is 11.1. The van der Waals surface area contributed by atoms with Crippen LogP contribution in [0.1, 0.15) is 15.9 Å². The van der Waals surface area contributed by atoms with Crippen molar-refractivity contribution in [1.82, 2.24) is 0 Å². The SMILES string of the molecule is NC(=O)c1cccc2c1C[C@@H](N)CO2. The summed E-state index contributed by atoms with van der Waals surface area (Å²) in [5.74, 6) is 0.294. The Hall–Kier alpha value is -1.55. The first-order chi connectivity index (χ1) is 6.68. The van der Waals surface area contributed by atoms with E-state index in [0.29, 0.717) is 18.6 Å². The summed E-state index contributed by atoms with van der Waals surface area (Å²) in [7, 11) is 0. The summed E-state index contributed by atoms with van der Waals surface area (Å²) in [5.41, 5.74) is 12.3. The molecule has 0 unspecified atom stereocenters. The number of rotatable bonds is 1. The Morgan fingerprint density at radius 3 is 3.00 bits per heavy atom. The Kier molecular flexibility index (Phi) is 2.13. The molecule has 0 fully saturated rings. The molecule has 0 bridgehead atoms. The van der Waals surface area contributed by atoms with Crippen LogP contribution in [0.2, 0.25) is 0 Å². The summed E-state index contributed by atoms with van der Waals surface area (Å²) in [6.45, 7) is 0.495. The lowest BCUT2D eigenvalue weighted by molar-refractivity contribution is 0.0998. The van der Waals surface area contributed by atoms with Gasteiger partial charge in [0.25, 0.3) is 0 Å². The molecule has 74 valence electrons. The Bertz CT molecular complexity index is 376. The minimum Gasteiger partial charge on any atom is -0.492 e. The van der Waals surface area contributed by atoms with Crippen LogP contribution in [0.15, 0.2) is 18.2 Å². The summed E-state index contributed by atoms with van der Waals surface area (Å²) in [6, 6.07) is 5.23. The fraction of sp³-hybridized carbons (Fsp3) is 0.300. The average molecular weight is 192 g/mol. The number of fused-ring (bicyclic) bond motifs is 1. The first kappa shape index (κ1) is 9.02. The number of carbonyl (C=O) groups excluding carboxylic acids is 1. The number of hydrogen-bond donors (Lipinski definition) is 2. The van der Waals surface area contributed by atoms with Gasteiger partial charge in [0.1, 0.15) is 12.4 Å². The van der Waals surface area contributed by atoms with Crippen molar-refractivity contribution >= 4 is 5.91 Å². The van der Waals surface area contributed by atoms with Gasteiger partial charge in [-0.2, -0.15) is 0 Å². The van der Waals surface area contributed by atoms with Crippen molar-refractivity contribution in [2.75, 3.05) is 6.61 Å². The molecule has 0 aromatic heterocycles. The van der Waals surface area contributed by atoms with E-state index in [1.807, 2.05) is 6.07 Å². The zero-order valence-electron chi connectivity index (χ0n) is 7.69. The molecule has 0 radical (unpaired) electrons. The maximum atomic E-state index is 11.1. The zero-order valence-corrected chi connectivity index (χ0v) is 7.69. The average Bonchev–Trinajstić information content (AvgIpc) is 2.16. The van der Waals surface area contributed by atoms with Crippen LogP contribution >= 0.6 is 0 Å². The van der Waals surface area contributed by atoms with Gasteiger partial charge in [0.2, 0.25) is 5.91 Å². The van der Waals surface area contributed by atoms with E-state index in [2.05, 4.69) is 0 Å². The van der Waals surface area contributed by atoms with Gasteiger partial charge in [0.05, 0.1) is 0 Å². The number of hydrogen-bond acceptors (Lipinski definition) is 3. The van der Waals surface area contributed by atoms with Crippen molar-refractivity contribution in [2.45, 2.75) is 12.5 Å². The molecule has 1 aliphatic heterocycles. The van der Waals surface area contributed by atoms with Gasteiger partial charge < -0.3 is 16.2 Å². The Morgan fingerprint density at radius 1 is 1.50 bits per heavy atom. The molecule has 1 aromatic rings. The lowest BCUT2D eigenvalue weighted by Crippen LogP contribution is -2.35. The molecule has 0 spiro atoms. The van der Waals surface area contributed by atoms with Crippen LogP contribution in [-0.2, 0) is 6.42 Å². The molecule has 1 atom stereocenters. The van der Waals surface area contributed by atoms with Gasteiger partial charge in [0, 0.05) is 17.2 Å². The van der Waals surface area contributed by atoms with E-state index in [1.165, 1.54) is 0 Å². The highest BCUT2D eigenvalue weighted by Gasteiger charge is 2.21. The van der Waals surface area contributed by atoms with Crippen molar-refractivity contribution in [3.05, 3.63) is 29.3 Å².